The van der Waals surface area contributed by atoms with Crippen LogP contribution in [0, 0.1) is 18.3 Å². The summed E-state index contributed by atoms with van der Waals surface area (Å²) in [5, 5.41) is 21.5. The Balaban J connectivity index is 2.23. The van der Waals surface area contributed by atoms with Crippen LogP contribution in [0.5, 0.6) is 5.75 Å². The molecule has 0 bridgehead atoms. The number of hydrogen-bond donors (Lipinski definition) is 2. The predicted molar refractivity (Wildman–Crippen MR) is 75.1 cm³/mol. The van der Waals surface area contributed by atoms with Gasteiger partial charge in [0.25, 0.3) is 5.91 Å². The van der Waals surface area contributed by atoms with E-state index in [2.05, 4.69) is 11.4 Å². The molecule has 0 aliphatic rings. The highest BCUT2D eigenvalue weighted by molar-refractivity contribution is 5.96. The minimum atomic E-state index is -0.717. The van der Waals surface area contributed by atoms with Crippen LogP contribution in [0.15, 0.2) is 48.5 Å². The lowest BCUT2D eigenvalue weighted by atomic mass is 10.0. The fraction of sp³-hybridized carbons (Fsp3) is 0.125. The van der Waals surface area contributed by atoms with Crippen LogP contribution in [0.2, 0.25) is 0 Å². The minimum Gasteiger partial charge on any atom is -0.508 e. The summed E-state index contributed by atoms with van der Waals surface area (Å²) in [6.45, 7) is 1.66. The number of carbonyl (C=O) groups excluding carboxylic acids is 1. The van der Waals surface area contributed by atoms with E-state index in [1.807, 2.05) is 18.2 Å². The third-order valence-corrected chi connectivity index (χ3v) is 3.09. The van der Waals surface area contributed by atoms with E-state index in [0.29, 0.717) is 11.1 Å². The first-order valence-electron chi connectivity index (χ1n) is 6.17. The summed E-state index contributed by atoms with van der Waals surface area (Å²) in [6.07, 6.45) is 0. The number of rotatable bonds is 3. The number of amides is 1. The molecule has 0 saturated heterocycles. The molecule has 4 heteroatoms. The zero-order valence-electron chi connectivity index (χ0n) is 11.0. The Morgan fingerprint density at radius 1 is 1.20 bits per heavy atom. The van der Waals surface area contributed by atoms with E-state index in [1.165, 1.54) is 6.07 Å². The van der Waals surface area contributed by atoms with Gasteiger partial charge in [-0.2, -0.15) is 5.26 Å². The molecular formula is C16H14N2O2. The van der Waals surface area contributed by atoms with Crippen LogP contribution >= 0.6 is 0 Å². The number of aromatic hydroxyl groups is 1. The van der Waals surface area contributed by atoms with Gasteiger partial charge in [0.2, 0.25) is 0 Å². The maximum Gasteiger partial charge on any atom is 0.252 e. The first-order valence-corrected chi connectivity index (χ1v) is 6.17. The number of nitrogens with zero attached hydrogens (tertiary/aromatic N) is 1. The van der Waals surface area contributed by atoms with Crippen LogP contribution in [0.25, 0.3) is 0 Å². The average Bonchev–Trinajstić information content (AvgIpc) is 2.48. The van der Waals surface area contributed by atoms with Crippen LogP contribution in [0.4, 0.5) is 0 Å². The smallest absolute Gasteiger partial charge is 0.252 e. The van der Waals surface area contributed by atoms with Gasteiger partial charge in [0.15, 0.2) is 0 Å². The lowest BCUT2D eigenvalue weighted by Gasteiger charge is -2.13. The van der Waals surface area contributed by atoms with Gasteiger partial charge in [0.05, 0.1) is 6.07 Å². The zero-order chi connectivity index (χ0) is 14.5. The van der Waals surface area contributed by atoms with E-state index in [9.17, 15) is 15.2 Å². The van der Waals surface area contributed by atoms with E-state index in [1.54, 1.807) is 31.2 Å². The van der Waals surface area contributed by atoms with Crippen molar-refractivity contribution in [2.75, 3.05) is 0 Å². The highest BCUT2D eigenvalue weighted by atomic mass is 16.3. The standard InChI is InChI=1S/C16H14N2O2/c1-11-13(8-5-9-15(11)19)16(20)18-14(10-17)12-6-3-2-4-7-12/h2-9,14,19H,1H3,(H,18,20). The van der Waals surface area contributed by atoms with Crippen molar-refractivity contribution in [2.24, 2.45) is 0 Å². The Kier molecular flexibility index (Phi) is 4.02. The normalized spacial score (nSPS) is 11.4. The summed E-state index contributed by atoms with van der Waals surface area (Å²) in [7, 11) is 0. The first kappa shape index (κ1) is 13.6. The van der Waals surface area contributed by atoms with Gasteiger partial charge in [0.1, 0.15) is 11.8 Å². The maximum absolute atomic E-state index is 12.2. The molecule has 0 fully saturated rings. The van der Waals surface area contributed by atoms with Gasteiger partial charge in [-0.3, -0.25) is 4.79 Å². The lowest BCUT2D eigenvalue weighted by Crippen LogP contribution is -2.28. The molecule has 2 rings (SSSR count). The van der Waals surface area contributed by atoms with Gasteiger partial charge in [-0.25, -0.2) is 0 Å². The van der Waals surface area contributed by atoms with Crippen molar-refractivity contribution < 1.29 is 9.90 Å². The van der Waals surface area contributed by atoms with Gasteiger partial charge in [-0.1, -0.05) is 36.4 Å². The second-order valence-corrected chi connectivity index (χ2v) is 4.40. The van der Waals surface area contributed by atoms with Crippen LogP contribution in [-0.4, -0.2) is 11.0 Å². The number of phenols is 1. The molecule has 2 aromatic carbocycles. The van der Waals surface area contributed by atoms with Gasteiger partial charge in [0, 0.05) is 11.1 Å². The Morgan fingerprint density at radius 3 is 2.55 bits per heavy atom. The molecule has 0 aliphatic carbocycles. The monoisotopic (exact) mass is 266 g/mol. The Bertz CT molecular complexity index is 660. The van der Waals surface area contributed by atoms with Gasteiger partial charge < -0.3 is 10.4 Å². The molecule has 0 heterocycles. The molecule has 0 saturated carbocycles. The highest BCUT2D eigenvalue weighted by Gasteiger charge is 2.17. The van der Waals surface area contributed by atoms with Crippen LogP contribution < -0.4 is 5.32 Å². The number of carbonyl (C=O) groups is 1. The largest absolute Gasteiger partial charge is 0.508 e. The fourth-order valence-corrected chi connectivity index (χ4v) is 1.91. The molecule has 0 aromatic heterocycles. The van der Waals surface area contributed by atoms with Crippen molar-refractivity contribution in [1.29, 1.82) is 5.26 Å². The summed E-state index contributed by atoms with van der Waals surface area (Å²) in [4.78, 5) is 12.2. The van der Waals surface area contributed by atoms with Crippen molar-refractivity contribution in [3.05, 3.63) is 65.2 Å². The van der Waals surface area contributed by atoms with Crippen molar-refractivity contribution in [3.8, 4) is 11.8 Å². The molecular weight excluding hydrogens is 252 g/mol. The van der Waals surface area contributed by atoms with E-state index < -0.39 is 6.04 Å². The van der Waals surface area contributed by atoms with E-state index in [0.717, 1.165) is 5.56 Å². The summed E-state index contributed by atoms with van der Waals surface area (Å²) >= 11 is 0. The van der Waals surface area contributed by atoms with Crippen LogP contribution in [0.3, 0.4) is 0 Å². The van der Waals surface area contributed by atoms with Crippen molar-refractivity contribution >= 4 is 5.91 Å². The molecule has 0 spiro atoms. The summed E-state index contributed by atoms with van der Waals surface area (Å²) in [5.41, 5.74) is 1.58. The van der Waals surface area contributed by atoms with Crippen molar-refractivity contribution in [3.63, 3.8) is 0 Å². The van der Waals surface area contributed by atoms with Gasteiger partial charge in [-0.15, -0.1) is 0 Å². The number of nitrogens with one attached hydrogen (secondary N) is 1. The highest BCUT2D eigenvalue weighted by Crippen LogP contribution is 2.20. The quantitative estimate of drug-likeness (QED) is 0.897. The third kappa shape index (κ3) is 2.78. The number of benzene rings is 2. The van der Waals surface area contributed by atoms with Gasteiger partial charge in [-0.05, 0) is 24.6 Å². The van der Waals surface area contributed by atoms with Crippen molar-refractivity contribution in [1.82, 2.24) is 5.32 Å². The Morgan fingerprint density at radius 2 is 1.90 bits per heavy atom. The van der Waals surface area contributed by atoms with E-state index >= 15 is 0 Å². The van der Waals surface area contributed by atoms with Crippen LogP contribution in [0.1, 0.15) is 27.5 Å². The zero-order valence-corrected chi connectivity index (χ0v) is 11.0. The molecule has 0 aliphatic heterocycles. The molecule has 4 nitrogen and oxygen atoms in total. The van der Waals surface area contributed by atoms with E-state index in [-0.39, 0.29) is 11.7 Å². The first-order chi connectivity index (χ1) is 9.63. The number of phenolic OH excluding ortho intramolecular Hbond substituents is 1. The fourth-order valence-electron chi connectivity index (χ4n) is 1.91. The summed E-state index contributed by atoms with van der Waals surface area (Å²) < 4.78 is 0. The molecule has 20 heavy (non-hydrogen) atoms. The maximum atomic E-state index is 12.2. The average molecular weight is 266 g/mol. The Labute approximate surface area is 117 Å². The summed E-state index contributed by atoms with van der Waals surface area (Å²) in [5.74, 6) is -0.320. The lowest BCUT2D eigenvalue weighted by molar-refractivity contribution is 0.0944. The second kappa shape index (κ2) is 5.89. The van der Waals surface area contributed by atoms with Gasteiger partial charge >= 0.3 is 0 Å². The number of nitriles is 1. The SMILES string of the molecule is Cc1c(O)cccc1C(=O)NC(C#N)c1ccccc1. The van der Waals surface area contributed by atoms with Crippen LogP contribution in [-0.2, 0) is 0 Å². The minimum absolute atomic E-state index is 0.0610. The Hall–Kier alpha value is -2.80. The molecule has 0 radical (unpaired) electrons. The molecule has 2 aromatic rings. The predicted octanol–water partition coefficient (Wildman–Crippen LogP) is 2.70. The summed E-state index contributed by atoms with van der Waals surface area (Å²) in [6, 6.07) is 15.1. The molecule has 1 unspecified atom stereocenters. The molecule has 1 atom stereocenters. The second-order valence-electron chi connectivity index (χ2n) is 4.40. The third-order valence-electron chi connectivity index (χ3n) is 3.09. The number of hydrogen-bond acceptors (Lipinski definition) is 3. The molecule has 2 N–H and O–H groups in total. The topological polar surface area (TPSA) is 73.1 Å². The van der Waals surface area contributed by atoms with Crippen molar-refractivity contribution in [2.45, 2.75) is 13.0 Å². The molecule has 1 amide bonds. The molecule has 100 valence electrons. The van der Waals surface area contributed by atoms with E-state index in [4.69, 9.17) is 0 Å².